The molecule has 6 heteroatoms. The SMILES string of the molecule is O=C(NCc1ccccn1)[C@H]1CC(=O)N(Cc2ccco2)C1. The van der Waals surface area contributed by atoms with E-state index >= 15 is 0 Å². The second kappa shape index (κ2) is 6.43. The Labute approximate surface area is 128 Å². The fourth-order valence-corrected chi connectivity index (χ4v) is 2.52. The molecule has 2 aromatic rings. The summed E-state index contributed by atoms with van der Waals surface area (Å²) in [6, 6.07) is 9.16. The first-order chi connectivity index (χ1) is 10.7. The van der Waals surface area contributed by atoms with Crippen LogP contribution in [0.15, 0.2) is 47.2 Å². The molecule has 6 nitrogen and oxygen atoms in total. The number of likely N-dealkylation sites (tertiary alicyclic amines) is 1. The van der Waals surface area contributed by atoms with Gasteiger partial charge < -0.3 is 14.6 Å². The second-order valence-corrected chi connectivity index (χ2v) is 5.29. The summed E-state index contributed by atoms with van der Waals surface area (Å²) in [5, 5.41) is 2.84. The van der Waals surface area contributed by atoms with E-state index in [1.807, 2.05) is 24.3 Å². The molecule has 0 aliphatic carbocycles. The molecule has 1 aliphatic rings. The molecule has 3 rings (SSSR count). The Balaban J connectivity index is 1.52. The molecule has 0 bridgehead atoms. The molecule has 1 fully saturated rings. The van der Waals surface area contributed by atoms with E-state index in [4.69, 9.17) is 4.42 Å². The van der Waals surface area contributed by atoms with Crippen LogP contribution in [0.3, 0.4) is 0 Å². The van der Waals surface area contributed by atoms with Gasteiger partial charge >= 0.3 is 0 Å². The van der Waals surface area contributed by atoms with Crippen molar-refractivity contribution < 1.29 is 14.0 Å². The van der Waals surface area contributed by atoms with E-state index in [-0.39, 0.29) is 24.2 Å². The lowest BCUT2D eigenvalue weighted by molar-refractivity contribution is -0.129. The van der Waals surface area contributed by atoms with Crippen molar-refractivity contribution in [3.8, 4) is 0 Å². The number of nitrogens with zero attached hydrogens (tertiary/aromatic N) is 2. The highest BCUT2D eigenvalue weighted by molar-refractivity contribution is 5.89. The van der Waals surface area contributed by atoms with Crippen LogP contribution in [0.2, 0.25) is 0 Å². The number of furan rings is 1. The van der Waals surface area contributed by atoms with Gasteiger partial charge in [0.1, 0.15) is 5.76 Å². The van der Waals surface area contributed by atoms with E-state index in [9.17, 15) is 9.59 Å². The number of nitrogens with one attached hydrogen (secondary N) is 1. The Bertz CT molecular complexity index is 640. The standard InChI is InChI=1S/C16H17N3O3/c20-15-8-12(10-19(15)11-14-5-3-7-22-14)16(21)18-9-13-4-1-2-6-17-13/h1-7,12H,8-11H2,(H,18,21)/t12-/m0/s1. The van der Waals surface area contributed by atoms with Crippen molar-refractivity contribution in [3.63, 3.8) is 0 Å². The van der Waals surface area contributed by atoms with E-state index in [0.717, 1.165) is 11.5 Å². The third kappa shape index (κ3) is 3.33. The molecule has 0 saturated carbocycles. The van der Waals surface area contributed by atoms with Gasteiger partial charge in [-0.3, -0.25) is 14.6 Å². The Morgan fingerprint density at radius 2 is 2.27 bits per heavy atom. The predicted octanol–water partition coefficient (Wildman–Crippen LogP) is 1.34. The minimum absolute atomic E-state index is 0.0191. The first-order valence-corrected chi connectivity index (χ1v) is 7.20. The smallest absolute Gasteiger partial charge is 0.225 e. The van der Waals surface area contributed by atoms with Crippen LogP contribution < -0.4 is 5.32 Å². The fourth-order valence-electron chi connectivity index (χ4n) is 2.52. The molecule has 114 valence electrons. The average Bonchev–Trinajstić information content (AvgIpc) is 3.17. The maximum absolute atomic E-state index is 12.2. The summed E-state index contributed by atoms with van der Waals surface area (Å²) >= 11 is 0. The maximum Gasteiger partial charge on any atom is 0.225 e. The monoisotopic (exact) mass is 299 g/mol. The molecule has 1 saturated heterocycles. The molecule has 3 heterocycles. The molecule has 0 aromatic carbocycles. The van der Waals surface area contributed by atoms with E-state index in [1.165, 1.54) is 0 Å². The van der Waals surface area contributed by atoms with Crippen molar-refractivity contribution >= 4 is 11.8 Å². The van der Waals surface area contributed by atoms with Crippen molar-refractivity contribution in [2.75, 3.05) is 6.54 Å². The average molecular weight is 299 g/mol. The number of hydrogen-bond acceptors (Lipinski definition) is 4. The lowest BCUT2D eigenvalue weighted by Crippen LogP contribution is -2.32. The largest absolute Gasteiger partial charge is 0.467 e. The van der Waals surface area contributed by atoms with Gasteiger partial charge in [0.25, 0.3) is 0 Å². The summed E-state index contributed by atoms with van der Waals surface area (Å²) in [7, 11) is 0. The number of amides is 2. The Morgan fingerprint density at radius 3 is 3.00 bits per heavy atom. The molecule has 1 aliphatic heterocycles. The van der Waals surface area contributed by atoms with Gasteiger partial charge in [0.15, 0.2) is 0 Å². The first kappa shape index (κ1) is 14.3. The summed E-state index contributed by atoms with van der Waals surface area (Å²) < 4.78 is 5.24. The molecule has 2 aromatic heterocycles. The zero-order valence-electron chi connectivity index (χ0n) is 12.1. The third-order valence-corrected chi connectivity index (χ3v) is 3.68. The number of carbonyl (C=O) groups excluding carboxylic acids is 2. The predicted molar refractivity (Wildman–Crippen MR) is 78.3 cm³/mol. The molecular formula is C16H17N3O3. The van der Waals surface area contributed by atoms with Gasteiger partial charge in [-0.1, -0.05) is 6.07 Å². The maximum atomic E-state index is 12.2. The van der Waals surface area contributed by atoms with Gasteiger partial charge in [-0.25, -0.2) is 0 Å². The Hall–Kier alpha value is -2.63. The number of pyridine rings is 1. The van der Waals surface area contributed by atoms with Gasteiger partial charge in [0.2, 0.25) is 11.8 Å². The lowest BCUT2D eigenvalue weighted by Gasteiger charge is -2.15. The van der Waals surface area contributed by atoms with Crippen molar-refractivity contribution in [2.45, 2.75) is 19.5 Å². The van der Waals surface area contributed by atoms with Crippen LogP contribution in [-0.2, 0) is 22.7 Å². The van der Waals surface area contributed by atoms with E-state index < -0.39 is 0 Å². The minimum atomic E-state index is -0.314. The third-order valence-electron chi connectivity index (χ3n) is 3.68. The topological polar surface area (TPSA) is 75.4 Å². The molecule has 0 spiro atoms. The highest BCUT2D eigenvalue weighted by Gasteiger charge is 2.34. The number of carbonyl (C=O) groups is 2. The van der Waals surface area contributed by atoms with Gasteiger partial charge in [-0.05, 0) is 24.3 Å². The van der Waals surface area contributed by atoms with Crippen LogP contribution in [0.1, 0.15) is 17.9 Å². The van der Waals surface area contributed by atoms with Crippen LogP contribution in [0.25, 0.3) is 0 Å². The zero-order chi connectivity index (χ0) is 15.4. The molecule has 2 amide bonds. The molecule has 1 atom stereocenters. The minimum Gasteiger partial charge on any atom is -0.467 e. The number of rotatable bonds is 5. The Kier molecular flexibility index (Phi) is 4.18. The van der Waals surface area contributed by atoms with Gasteiger partial charge in [-0.15, -0.1) is 0 Å². The van der Waals surface area contributed by atoms with Crippen molar-refractivity contribution in [1.29, 1.82) is 0 Å². The molecule has 22 heavy (non-hydrogen) atoms. The van der Waals surface area contributed by atoms with Gasteiger partial charge in [-0.2, -0.15) is 0 Å². The van der Waals surface area contributed by atoms with Crippen molar-refractivity contribution in [2.24, 2.45) is 5.92 Å². The van der Waals surface area contributed by atoms with Crippen LogP contribution in [0.5, 0.6) is 0 Å². The molecule has 1 N–H and O–H groups in total. The van der Waals surface area contributed by atoms with Crippen LogP contribution in [-0.4, -0.2) is 28.2 Å². The van der Waals surface area contributed by atoms with Crippen LogP contribution in [0.4, 0.5) is 0 Å². The second-order valence-electron chi connectivity index (χ2n) is 5.29. The van der Waals surface area contributed by atoms with Gasteiger partial charge in [0.05, 0.1) is 31.0 Å². The lowest BCUT2D eigenvalue weighted by atomic mass is 10.1. The summed E-state index contributed by atoms with van der Waals surface area (Å²) in [5.74, 6) is 0.282. The highest BCUT2D eigenvalue weighted by Crippen LogP contribution is 2.20. The van der Waals surface area contributed by atoms with Crippen LogP contribution >= 0.6 is 0 Å². The highest BCUT2D eigenvalue weighted by atomic mass is 16.3. The molecular weight excluding hydrogens is 282 g/mol. The number of hydrogen-bond donors (Lipinski definition) is 1. The first-order valence-electron chi connectivity index (χ1n) is 7.20. The normalized spacial score (nSPS) is 17.7. The van der Waals surface area contributed by atoms with Crippen molar-refractivity contribution in [3.05, 3.63) is 54.2 Å². The van der Waals surface area contributed by atoms with E-state index in [2.05, 4.69) is 10.3 Å². The zero-order valence-corrected chi connectivity index (χ0v) is 12.1. The van der Waals surface area contributed by atoms with E-state index in [0.29, 0.717) is 19.6 Å². The molecule has 0 radical (unpaired) electrons. The summed E-state index contributed by atoms with van der Waals surface area (Å²) in [6.07, 6.45) is 3.51. The Morgan fingerprint density at radius 1 is 1.36 bits per heavy atom. The van der Waals surface area contributed by atoms with Crippen LogP contribution in [0, 0.1) is 5.92 Å². The number of aromatic nitrogens is 1. The molecule has 0 unspecified atom stereocenters. The fraction of sp³-hybridized carbons (Fsp3) is 0.312. The quantitative estimate of drug-likeness (QED) is 0.904. The van der Waals surface area contributed by atoms with Crippen molar-refractivity contribution in [1.82, 2.24) is 15.2 Å². The summed E-state index contributed by atoms with van der Waals surface area (Å²) in [6.45, 7) is 1.21. The van der Waals surface area contributed by atoms with Gasteiger partial charge in [0, 0.05) is 19.2 Å². The van der Waals surface area contributed by atoms with E-state index in [1.54, 1.807) is 23.4 Å². The summed E-state index contributed by atoms with van der Waals surface area (Å²) in [4.78, 5) is 30.0. The summed E-state index contributed by atoms with van der Waals surface area (Å²) in [5.41, 5.74) is 0.799.